The summed E-state index contributed by atoms with van der Waals surface area (Å²) in [5.41, 5.74) is 0.939. The zero-order chi connectivity index (χ0) is 15.0. The monoisotopic (exact) mass is 282 g/mol. The fourth-order valence-corrected chi connectivity index (χ4v) is 2.56. The molecule has 1 aromatic heterocycles. The molecular formula is C16H14N2O3. The Morgan fingerprint density at radius 2 is 1.95 bits per heavy atom. The molecule has 0 saturated carbocycles. The van der Waals surface area contributed by atoms with Crippen molar-refractivity contribution < 1.29 is 14.6 Å². The number of carbonyl (C=O) groups is 1. The van der Waals surface area contributed by atoms with Gasteiger partial charge in [-0.15, -0.1) is 0 Å². The summed E-state index contributed by atoms with van der Waals surface area (Å²) >= 11 is 0. The van der Waals surface area contributed by atoms with Crippen molar-refractivity contribution in [1.82, 2.24) is 10.3 Å². The van der Waals surface area contributed by atoms with Gasteiger partial charge in [0.2, 0.25) is 0 Å². The van der Waals surface area contributed by atoms with Crippen LogP contribution in [0.4, 0.5) is 0 Å². The number of rotatable bonds is 2. The van der Waals surface area contributed by atoms with Gasteiger partial charge in [-0.05, 0) is 6.07 Å². The summed E-state index contributed by atoms with van der Waals surface area (Å²) in [6, 6.07) is 9.06. The van der Waals surface area contributed by atoms with Gasteiger partial charge in [-0.1, -0.05) is 24.3 Å². The Kier molecular flexibility index (Phi) is 3.10. The lowest BCUT2D eigenvalue weighted by Gasteiger charge is -2.13. The first kappa shape index (κ1) is 13.2. The molecule has 2 N–H and O–H groups in total. The Hall–Kier alpha value is -2.82. The molecule has 0 saturated heterocycles. The fraction of sp³-hybridized carbons (Fsp3) is 0.125. The van der Waals surface area contributed by atoms with Crippen LogP contribution in [-0.2, 0) is 0 Å². The van der Waals surface area contributed by atoms with Gasteiger partial charge in [-0.3, -0.25) is 9.78 Å². The number of pyridine rings is 1. The van der Waals surface area contributed by atoms with Gasteiger partial charge in [0.25, 0.3) is 5.91 Å². The molecule has 5 nitrogen and oxygen atoms in total. The van der Waals surface area contributed by atoms with Gasteiger partial charge in [0, 0.05) is 24.0 Å². The Morgan fingerprint density at radius 3 is 2.62 bits per heavy atom. The van der Waals surface area contributed by atoms with Gasteiger partial charge in [-0.2, -0.15) is 0 Å². The molecule has 2 aromatic carbocycles. The summed E-state index contributed by atoms with van der Waals surface area (Å²) in [7, 11) is 3.03. The number of carbonyl (C=O) groups excluding carboxylic acids is 1. The number of phenols is 1. The minimum Gasteiger partial charge on any atom is -0.504 e. The summed E-state index contributed by atoms with van der Waals surface area (Å²) in [5.74, 6) is -0.0100. The van der Waals surface area contributed by atoms with E-state index in [9.17, 15) is 9.90 Å². The molecule has 106 valence electrons. The molecule has 0 bridgehead atoms. The van der Waals surface area contributed by atoms with E-state index in [0.717, 1.165) is 10.8 Å². The van der Waals surface area contributed by atoms with Gasteiger partial charge >= 0.3 is 0 Å². The van der Waals surface area contributed by atoms with E-state index in [1.807, 2.05) is 24.3 Å². The average molecular weight is 282 g/mol. The van der Waals surface area contributed by atoms with Crippen molar-refractivity contribution in [2.75, 3.05) is 14.2 Å². The van der Waals surface area contributed by atoms with Crippen molar-refractivity contribution in [3.63, 3.8) is 0 Å². The number of aromatic hydroxyl groups is 1. The van der Waals surface area contributed by atoms with Crippen LogP contribution in [0.1, 0.15) is 10.4 Å². The van der Waals surface area contributed by atoms with Crippen molar-refractivity contribution in [2.24, 2.45) is 0 Å². The number of phenolic OH excluding ortho intramolecular Hbond substituents is 1. The lowest BCUT2D eigenvalue weighted by atomic mass is 10.00. The number of hydrogen-bond acceptors (Lipinski definition) is 4. The third-order valence-corrected chi connectivity index (χ3v) is 3.51. The molecule has 21 heavy (non-hydrogen) atoms. The topological polar surface area (TPSA) is 71.5 Å². The Bertz CT molecular complexity index is 859. The highest BCUT2D eigenvalue weighted by atomic mass is 16.5. The van der Waals surface area contributed by atoms with Crippen LogP contribution in [0.3, 0.4) is 0 Å². The number of nitrogens with zero attached hydrogens (tertiary/aromatic N) is 1. The number of methoxy groups -OCH3 is 1. The Labute approximate surface area is 121 Å². The predicted molar refractivity (Wildman–Crippen MR) is 80.9 cm³/mol. The highest BCUT2D eigenvalue weighted by Crippen LogP contribution is 2.43. The second-order valence-electron chi connectivity index (χ2n) is 4.59. The maximum Gasteiger partial charge on any atom is 0.251 e. The predicted octanol–water partition coefficient (Wildman–Crippen LogP) is 2.46. The van der Waals surface area contributed by atoms with E-state index in [2.05, 4.69) is 10.3 Å². The van der Waals surface area contributed by atoms with Crippen LogP contribution in [0.5, 0.6) is 11.5 Å². The fourth-order valence-electron chi connectivity index (χ4n) is 2.56. The van der Waals surface area contributed by atoms with E-state index < -0.39 is 0 Å². The third kappa shape index (κ3) is 1.86. The lowest BCUT2D eigenvalue weighted by Crippen LogP contribution is -2.18. The molecule has 5 heteroatoms. The van der Waals surface area contributed by atoms with E-state index in [1.165, 1.54) is 7.11 Å². The van der Waals surface area contributed by atoms with E-state index in [-0.39, 0.29) is 11.7 Å². The van der Waals surface area contributed by atoms with E-state index in [0.29, 0.717) is 22.2 Å². The maximum atomic E-state index is 12.0. The Balaban J connectivity index is 2.57. The van der Waals surface area contributed by atoms with Crippen LogP contribution >= 0.6 is 0 Å². The van der Waals surface area contributed by atoms with Crippen LogP contribution in [0.25, 0.3) is 21.7 Å². The number of ether oxygens (including phenoxy) is 1. The first-order valence-electron chi connectivity index (χ1n) is 6.47. The van der Waals surface area contributed by atoms with Gasteiger partial charge < -0.3 is 15.2 Å². The summed E-state index contributed by atoms with van der Waals surface area (Å²) in [6.07, 6.45) is 1.56. The number of amides is 1. The van der Waals surface area contributed by atoms with Crippen molar-refractivity contribution in [3.05, 3.63) is 42.1 Å². The number of aromatic nitrogens is 1. The van der Waals surface area contributed by atoms with Crippen molar-refractivity contribution in [3.8, 4) is 11.5 Å². The first-order valence-corrected chi connectivity index (χ1v) is 6.47. The van der Waals surface area contributed by atoms with Gasteiger partial charge in [0.15, 0.2) is 11.5 Å². The molecular weight excluding hydrogens is 268 g/mol. The molecule has 0 spiro atoms. The summed E-state index contributed by atoms with van der Waals surface area (Å²) < 4.78 is 5.33. The van der Waals surface area contributed by atoms with E-state index >= 15 is 0 Å². The summed E-state index contributed by atoms with van der Waals surface area (Å²) in [4.78, 5) is 16.4. The summed E-state index contributed by atoms with van der Waals surface area (Å²) in [5, 5.41) is 15.1. The number of hydrogen-bond donors (Lipinski definition) is 2. The van der Waals surface area contributed by atoms with Crippen LogP contribution in [0.15, 0.2) is 36.5 Å². The average Bonchev–Trinajstić information content (AvgIpc) is 2.54. The summed E-state index contributed by atoms with van der Waals surface area (Å²) in [6.45, 7) is 0. The molecule has 1 amide bonds. The molecule has 0 unspecified atom stereocenters. The molecule has 0 aliphatic rings. The highest BCUT2D eigenvalue weighted by molar-refractivity contribution is 6.18. The minimum absolute atomic E-state index is 0.0714. The number of nitrogens with one attached hydrogen (secondary N) is 1. The largest absolute Gasteiger partial charge is 0.504 e. The standard InChI is InChI=1S/C16H14N2O3/c1-17-16(20)11-7-8-18-13-9-5-3-4-6-10(9)15(21-2)14(19)12(11)13/h3-8,19H,1-2H3,(H,17,20). The van der Waals surface area contributed by atoms with Gasteiger partial charge in [-0.25, -0.2) is 0 Å². The normalized spacial score (nSPS) is 10.8. The van der Waals surface area contributed by atoms with Crippen LogP contribution in [0.2, 0.25) is 0 Å². The van der Waals surface area contributed by atoms with E-state index in [1.54, 1.807) is 19.3 Å². The third-order valence-electron chi connectivity index (χ3n) is 3.51. The minimum atomic E-state index is -0.282. The van der Waals surface area contributed by atoms with Crippen molar-refractivity contribution in [2.45, 2.75) is 0 Å². The molecule has 3 aromatic rings. The van der Waals surface area contributed by atoms with Gasteiger partial charge in [0.1, 0.15) is 0 Å². The van der Waals surface area contributed by atoms with E-state index in [4.69, 9.17) is 4.74 Å². The molecule has 3 rings (SSSR count). The van der Waals surface area contributed by atoms with Gasteiger partial charge in [0.05, 0.1) is 23.6 Å². The van der Waals surface area contributed by atoms with Crippen molar-refractivity contribution in [1.29, 1.82) is 0 Å². The van der Waals surface area contributed by atoms with Crippen LogP contribution < -0.4 is 10.1 Å². The second kappa shape index (κ2) is 4.94. The Morgan fingerprint density at radius 1 is 1.24 bits per heavy atom. The quantitative estimate of drug-likeness (QED) is 0.708. The van der Waals surface area contributed by atoms with Crippen molar-refractivity contribution >= 4 is 27.6 Å². The molecule has 0 aliphatic heterocycles. The molecule has 0 atom stereocenters. The smallest absolute Gasteiger partial charge is 0.251 e. The number of benzene rings is 2. The SMILES string of the molecule is CNC(=O)c1ccnc2c1c(O)c(OC)c1ccccc12. The first-order chi connectivity index (χ1) is 10.2. The molecule has 0 radical (unpaired) electrons. The highest BCUT2D eigenvalue weighted by Gasteiger charge is 2.20. The zero-order valence-corrected chi connectivity index (χ0v) is 11.7. The number of fused-ring (bicyclic) bond motifs is 3. The zero-order valence-electron chi connectivity index (χ0n) is 11.7. The van der Waals surface area contributed by atoms with Crippen LogP contribution in [0, 0.1) is 0 Å². The molecule has 1 heterocycles. The molecule has 0 aliphatic carbocycles. The van der Waals surface area contributed by atoms with Crippen LogP contribution in [-0.4, -0.2) is 30.2 Å². The molecule has 0 fully saturated rings. The lowest BCUT2D eigenvalue weighted by molar-refractivity contribution is 0.0964. The second-order valence-corrected chi connectivity index (χ2v) is 4.59. The maximum absolute atomic E-state index is 12.0.